The molecule has 1 aromatic carbocycles. The highest BCUT2D eigenvalue weighted by atomic mass is 16.5. The molecule has 0 radical (unpaired) electrons. The molecule has 2 aliphatic rings. The summed E-state index contributed by atoms with van der Waals surface area (Å²) in [7, 11) is 1.65. The highest BCUT2D eigenvalue weighted by Crippen LogP contribution is 2.23. The molecule has 160 valence electrons. The van der Waals surface area contributed by atoms with Gasteiger partial charge in [-0.15, -0.1) is 10.2 Å². The number of hydrogen-bond acceptors (Lipinski definition) is 7. The van der Waals surface area contributed by atoms with Crippen molar-refractivity contribution >= 4 is 11.7 Å². The third-order valence-electron chi connectivity index (χ3n) is 5.64. The van der Waals surface area contributed by atoms with Crippen LogP contribution in [0.5, 0.6) is 5.75 Å². The molecule has 1 amide bonds. The van der Waals surface area contributed by atoms with E-state index < -0.39 is 0 Å². The zero-order valence-electron chi connectivity index (χ0n) is 17.4. The van der Waals surface area contributed by atoms with Gasteiger partial charge in [-0.05, 0) is 37.1 Å². The lowest BCUT2D eigenvalue weighted by Gasteiger charge is -2.35. The van der Waals surface area contributed by atoms with E-state index in [4.69, 9.17) is 9.47 Å². The van der Waals surface area contributed by atoms with Gasteiger partial charge in [0.2, 0.25) is 5.91 Å². The van der Waals surface area contributed by atoms with Crippen LogP contribution in [-0.2, 0) is 9.53 Å². The molecular weight excluding hydrogens is 382 g/mol. The van der Waals surface area contributed by atoms with E-state index in [1.54, 1.807) is 7.11 Å². The Labute approximate surface area is 177 Å². The molecule has 0 saturated carbocycles. The molecule has 3 heterocycles. The maximum absolute atomic E-state index is 12.4. The number of carbonyl (C=O) groups excluding carboxylic acids is 1. The Bertz CT molecular complexity index is 831. The van der Waals surface area contributed by atoms with E-state index in [1.165, 1.54) is 0 Å². The quantitative estimate of drug-likeness (QED) is 0.741. The van der Waals surface area contributed by atoms with E-state index in [0.29, 0.717) is 19.6 Å². The van der Waals surface area contributed by atoms with E-state index in [1.807, 2.05) is 41.3 Å². The van der Waals surface area contributed by atoms with Gasteiger partial charge in [-0.2, -0.15) is 0 Å². The van der Waals surface area contributed by atoms with Crippen molar-refractivity contribution in [2.75, 3.05) is 57.9 Å². The molecule has 0 bridgehead atoms. The molecule has 2 saturated heterocycles. The molecule has 1 aromatic heterocycles. The number of ether oxygens (including phenoxy) is 2. The lowest BCUT2D eigenvalue weighted by Crippen LogP contribution is -2.51. The summed E-state index contributed by atoms with van der Waals surface area (Å²) in [6.45, 7) is 4.86. The predicted octanol–water partition coefficient (Wildman–Crippen LogP) is 1.57. The van der Waals surface area contributed by atoms with Crippen molar-refractivity contribution in [1.82, 2.24) is 20.4 Å². The first kappa shape index (κ1) is 20.6. The number of anilines is 1. The van der Waals surface area contributed by atoms with Crippen molar-refractivity contribution in [2.45, 2.75) is 18.9 Å². The summed E-state index contributed by atoms with van der Waals surface area (Å²) in [6, 6.07) is 11.7. The minimum absolute atomic E-state index is 0.145. The molecule has 1 unspecified atom stereocenters. The smallest absolute Gasteiger partial charge is 0.236 e. The number of nitrogens with one attached hydrogen (secondary N) is 1. The van der Waals surface area contributed by atoms with Gasteiger partial charge >= 0.3 is 0 Å². The third-order valence-corrected chi connectivity index (χ3v) is 5.64. The van der Waals surface area contributed by atoms with Crippen LogP contribution in [0.15, 0.2) is 36.4 Å². The van der Waals surface area contributed by atoms with Crippen LogP contribution in [-0.4, -0.2) is 80.1 Å². The molecule has 8 heteroatoms. The second-order valence-corrected chi connectivity index (χ2v) is 7.64. The fourth-order valence-corrected chi connectivity index (χ4v) is 3.87. The average Bonchev–Trinajstić information content (AvgIpc) is 3.33. The number of carbonyl (C=O) groups is 1. The van der Waals surface area contributed by atoms with Crippen molar-refractivity contribution in [3.05, 3.63) is 36.4 Å². The molecule has 2 aliphatic heterocycles. The normalized spacial score (nSPS) is 19.2. The minimum atomic E-state index is 0.145. The van der Waals surface area contributed by atoms with E-state index in [-0.39, 0.29) is 12.0 Å². The number of nitrogens with zero attached hydrogens (tertiary/aromatic N) is 4. The Hall–Kier alpha value is -2.71. The summed E-state index contributed by atoms with van der Waals surface area (Å²) in [6.07, 6.45) is 2.46. The van der Waals surface area contributed by atoms with Crippen LogP contribution in [0.4, 0.5) is 5.82 Å². The van der Waals surface area contributed by atoms with Crippen molar-refractivity contribution in [3.63, 3.8) is 0 Å². The molecule has 2 aromatic rings. The number of methoxy groups -OCH3 is 1. The molecule has 30 heavy (non-hydrogen) atoms. The van der Waals surface area contributed by atoms with Gasteiger partial charge in [0.25, 0.3) is 0 Å². The molecule has 4 rings (SSSR count). The largest absolute Gasteiger partial charge is 0.497 e. The number of aromatic nitrogens is 2. The molecule has 2 fully saturated rings. The van der Waals surface area contributed by atoms with Crippen LogP contribution in [0.2, 0.25) is 0 Å². The fourth-order valence-electron chi connectivity index (χ4n) is 3.87. The van der Waals surface area contributed by atoms with E-state index in [0.717, 1.165) is 61.9 Å². The summed E-state index contributed by atoms with van der Waals surface area (Å²) in [5.41, 5.74) is 1.78. The SMILES string of the molecule is COc1cccc(-c2ccc(N3CCN(C(=O)CNCC4CCCO4)CC3)nn2)c1. The lowest BCUT2D eigenvalue weighted by atomic mass is 10.1. The number of amides is 1. The van der Waals surface area contributed by atoms with Crippen LogP contribution in [0.3, 0.4) is 0 Å². The summed E-state index contributed by atoms with van der Waals surface area (Å²) >= 11 is 0. The van der Waals surface area contributed by atoms with E-state index in [9.17, 15) is 4.79 Å². The van der Waals surface area contributed by atoms with Gasteiger partial charge in [-0.3, -0.25) is 4.79 Å². The van der Waals surface area contributed by atoms with Crippen LogP contribution < -0.4 is 15.0 Å². The van der Waals surface area contributed by atoms with Gasteiger partial charge in [0.1, 0.15) is 5.75 Å². The molecule has 8 nitrogen and oxygen atoms in total. The molecule has 0 spiro atoms. The Kier molecular flexibility index (Phi) is 6.76. The first-order chi connectivity index (χ1) is 14.7. The van der Waals surface area contributed by atoms with E-state index in [2.05, 4.69) is 20.4 Å². The maximum Gasteiger partial charge on any atom is 0.236 e. The van der Waals surface area contributed by atoms with E-state index >= 15 is 0 Å². The second-order valence-electron chi connectivity index (χ2n) is 7.64. The first-order valence-electron chi connectivity index (χ1n) is 10.6. The molecule has 0 aliphatic carbocycles. The number of benzene rings is 1. The zero-order valence-corrected chi connectivity index (χ0v) is 17.4. The van der Waals surface area contributed by atoms with Gasteiger partial charge < -0.3 is 24.6 Å². The Morgan fingerprint density at radius 3 is 2.77 bits per heavy atom. The van der Waals surface area contributed by atoms with Crippen molar-refractivity contribution in [3.8, 4) is 17.0 Å². The number of rotatable bonds is 7. The van der Waals surface area contributed by atoms with Gasteiger partial charge in [0, 0.05) is 44.9 Å². The van der Waals surface area contributed by atoms with Crippen LogP contribution >= 0.6 is 0 Å². The van der Waals surface area contributed by atoms with Crippen molar-refractivity contribution < 1.29 is 14.3 Å². The van der Waals surface area contributed by atoms with Crippen LogP contribution in [0.1, 0.15) is 12.8 Å². The number of piperazine rings is 1. The highest BCUT2D eigenvalue weighted by molar-refractivity contribution is 5.78. The monoisotopic (exact) mass is 411 g/mol. The van der Waals surface area contributed by atoms with Gasteiger partial charge in [0.05, 0.1) is 25.5 Å². The van der Waals surface area contributed by atoms with Crippen LogP contribution in [0.25, 0.3) is 11.3 Å². The lowest BCUT2D eigenvalue weighted by molar-refractivity contribution is -0.130. The van der Waals surface area contributed by atoms with Crippen molar-refractivity contribution in [2.24, 2.45) is 0 Å². The molecule has 1 atom stereocenters. The Balaban J connectivity index is 1.25. The summed E-state index contributed by atoms with van der Waals surface area (Å²) in [5.74, 6) is 1.78. The topological polar surface area (TPSA) is 79.8 Å². The fraction of sp³-hybridized carbons (Fsp3) is 0.500. The first-order valence-corrected chi connectivity index (χ1v) is 10.6. The minimum Gasteiger partial charge on any atom is -0.497 e. The molecular formula is C22H29N5O3. The van der Waals surface area contributed by atoms with Gasteiger partial charge in [-0.1, -0.05) is 12.1 Å². The summed E-state index contributed by atoms with van der Waals surface area (Å²) < 4.78 is 10.9. The Morgan fingerprint density at radius 2 is 2.07 bits per heavy atom. The number of hydrogen-bond donors (Lipinski definition) is 1. The Morgan fingerprint density at radius 1 is 1.20 bits per heavy atom. The van der Waals surface area contributed by atoms with Gasteiger partial charge in [-0.25, -0.2) is 0 Å². The molecule has 1 N–H and O–H groups in total. The maximum atomic E-state index is 12.4. The zero-order chi connectivity index (χ0) is 20.8. The predicted molar refractivity (Wildman–Crippen MR) is 115 cm³/mol. The third kappa shape index (κ3) is 5.06. The summed E-state index contributed by atoms with van der Waals surface area (Å²) in [5, 5.41) is 12.0. The standard InChI is InChI=1S/C22H29N5O3/c1-29-18-5-2-4-17(14-18)20-7-8-21(25-24-20)26-9-11-27(12-10-26)22(28)16-23-15-19-6-3-13-30-19/h2,4-5,7-8,14,19,23H,3,6,9-13,15-16H2,1H3. The van der Waals surface area contributed by atoms with Crippen molar-refractivity contribution in [1.29, 1.82) is 0 Å². The second kappa shape index (κ2) is 9.86. The summed E-state index contributed by atoms with van der Waals surface area (Å²) in [4.78, 5) is 16.5. The van der Waals surface area contributed by atoms with Crippen LogP contribution in [0, 0.1) is 0 Å². The average molecular weight is 412 g/mol. The highest BCUT2D eigenvalue weighted by Gasteiger charge is 2.22. The van der Waals surface area contributed by atoms with Gasteiger partial charge in [0.15, 0.2) is 5.82 Å².